The van der Waals surface area contributed by atoms with E-state index in [2.05, 4.69) is 30.2 Å². The third-order valence-corrected chi connectivity index (χ3v) is 1.42. The van der Waals surface area contributed by atoms with Crippen molar-refractivity contribution in [1.82, 2.24) is 4.98 Å². The lowest BCUT2D eigenvalue weighted by atomic mass is 10.3. The molecule has 0 aliphatic carbocycles. The summed E-state index contributed by atoms with van der Waals surface area (Å²) in [4.78, 5) is 14.8. The number of carbonyl (C=O) groups is 1. The maximum atomic E-state index is 11.0. The maximum Gasteiger partial charge on any atom is 0.416 e. The van der Waals surface area contributed by atoms with Gasteiger partial charge < -0.3 is 0 Å². The highest BCUT2D eigenvalue weighted by molar-refractivity contribution is 7.58. The Labute approximate surface area is 74.8 Å². The molecule has 0 bridgehead atoms. The minimum Gasteiger partial charge on any atom is -0.265 e. The Morgan fingerprint density at radius 1 is 1.55 bits per heavy atom. The number of rotatable bonds is 1. The van der Waals surface area contributed by atoms with Gasteiger partial charge in [0.05, 0.1) is 5.56 Å². The first-order valence-electron chi connectivity index (χ1n) is 2.80. The summed E-state index contributed by atoms with van der Waals surface area (Å²) in [5.74, 6) is -0.364. The Balaban J connectivity index is 2.95. The fourth-order valence-corrected chi connectivity index (χ4v) is 0.811. The van der Waals surface area contributed by atoms with E-state index >= 15 is 0 Å². The number of amides is 1. The predicted molar refractivity (Wildman–Crippen MR) is 43.6 cm³/mol. The Morgan fingerprint density at radius 2 is 2.09 bits per heavy atom. The number of carbonyl (C=O) groups excluding carboxylic acids is 1. The van der Waals surface area contributed by atoms with E-state index in [1.165, 1.54) is 12.4 Å². The second-order valence-corrected chi connectivity index (χ2v) is 2.76. The molecule has 0 saturated carbocycles. The van der Waals surface area contributed by atoms with Crippen LogP contribution in [0.15, 0.2) is 24.5 Å². The van der Waals surface area contributed by atoms with Gasteiger partial charge in [0, 0.05) is 12.4 Å². The second-order valence-electron chi connectivity index (χ2n) is 1.80. The molecule has 0 saturated heterocycles. The van der Waals surface area contributed by atoms with Crippen LogP contribution < -0.4 is 0 Å². The van der Waals surface area contributed by atoms with Gasteiger partial charge in [-0.3, -0.25) is 4.98 Å². The minimum atomic E-state index is -0.364. The number of pyridine rings is 1. The van der Waals surface area contributed by atoms with Crippen molar-refractivity contribution in [2.45, 2.75) is 0 Å². The van der Waals surface area contributed by atoms with Crippen molar-refractivity contribution in [2.75, 3.05) is 0 Å². The van der Waals surface area contributed by atoms with Crippen LogP contribution in [0, 0.1) is 0 Å². The number of hydrogen-bond donors (Lipinski definition) is 0. The molecule has 3 nitrogen and oxygen atoms in total. The van der Waals surface area contributed by atoms with E-state index in [0.717, 1.165) is 0 Å². The molecular formula is C6H4N2OS2. The molecule has 1 heterocycles. The third-order valence-electron chi connectivity index (χ3n) is 1.09. The summed E-state index contributed by atoms with van der Waals surface area (Å²) in [6, 6.07) is 3.13. The summed E-state index contributed by atoms with van der Waals surface area (Å²) in [6.45, 7) is 0. The molecule has 5 heteroatoms. The fraction of sp³-hybridized carbons (Fsp3) is 0. The van der Waals surface area contributed by atoms with E-state index < -0.39 is 0 Å². The van der Waals surface area contributed by atoms with Gasteiger partial charge in [0.15, 0.2) is 0 Å². The first kappa shape index (κ1) is 8.16. The molecule has 1 rings (SSSR count). The van der Waals surface area contributed by atoms with E-state index in [-0.39, 0.29) is 5.91 Å². The molecule has 1 aromatic rings. The third kappa shape index (κ3) is 1.99. The van der Waals surface area contributed by atoms with Crippen molar-refractivity contribution in [3.63, 3.8) is 0 Å². The molecule has 0 aliphatic rings. The summed E-state index contributed by atoms with van der Waals surface area (Å²) in [7, 11) is 0. The van der Waals surface area contributed by atoms with E-state index in [0.29, 0.717) is 8.91 Å². The summed E-state index contributed by atoms with van der Waals surface area (Å²) in [5, 5.41) is 0. The van der Waals surface area contributed by atoms with Crippen LogP contribution >= 0.6 is 0 Å². The highest BCUT2D eigenvalue weighted by atomic mass is 32.2. The molecule has 1 aromatic heterocycles. The topological polar surface area (TPSA) is 33.0 Å². The molecule has 56 valence electrons. The van der Waals surface area contributed by atoms with Crippen LogP contribution in [0.25, 0.3) is 0 Å². The van der Waals surface area contributed by atoms with Gasteiger partial charge in [0.25, 0.3) is 0 Å². The first-order valence-corrected chi connectivity index (χ1v) is 3.53. The van der Waals surface area contributed by atoms with Crippen LogP contribution in [0.2, 0.25) is 0 Å². The van der Waals surface area contributed by atoms with Crippen LogP contribution in [0.4, 0.5) is 0 Å². The normalized spacial score (nSPS) is 9.09. The zero-order valence-corrected chi connectivity index (χ0v) is 7.06. The molecular weight excluding hydrogens is 180 g/mol. The Hall–Kier alpha value is -0.940. The second kappa shape index (κ2) is 3.45. The van der Waals surface area contributed by atoms with Gasteiger partial charge in [0.2, 0.25) is 0 Å². The van der Waals surface area contributed by atoms with Crippen molar-refractivity contribution in [2.24, 2.45) is 0 Å². The van der Waals surface area contributed by atoms with Gasteiger partial charge in [-0.2, -0.15) is 3.35 Å². The SMILES string of the molecule is O=C(c1ccncc1)[N+](=S)[S-]. The van der Waals surface area contributed by atoms with Crippen LogP contribution in [0.1, 0.15) is 10.4 Å². The van der Waals surface area contributed by atoms with Crippen molar-refractivity contribution in [1.29, 1.82) is 0 Å². The molecule has 0 aromatic carbocycles. The van der Waals surface area contributed by atoms with Crippen LogP contribution in [-0.4, -0.2) is 14.2 Å². The van der Waals surface area contributed by atoms with E-state index in [9.17, 15) is 4.79 Å². The number of nitrogens with zero attached hydrogens (tertiary/aromatic N) is 2. The monoisotopic (exact) mass is 184 g/mol. The van der Waals surface area contributed by atoms with Crippen molar-refractivity contribution in [3.05, 3.63) is 30.1 Å². The first-order chi connectivity index (χ1) is 5.22. The van der Waals surface area contributed by atoms with Crippen LogP contribution in [-0.2, 0) is 25.2 Å². The van der Waals surface area contributed by atoms with Gasteiger partial charge in [-0.1, -0.05) is 25.2 Å². The summed E-state index contributed by atoms with van der Waals surface area (Å²) in [5.41, 5.74) is 0.463. The number of aromatic nitrogens is 1. The quantitative estimate of drug-likeness (QED) is 0.468. The van der Waals surface area contributed by atoms with Crippen LogP contribution in [0.3, 0.4) is 0 Å². The van der Waals surface area contributed by atoms with Crippen LogP contribution in [0.5, 0.6) is 0 Å². The molecule has 1 amide bonds. The van der Waals surface area contributed by atoms with E-state index in [1.54, 1.807) is 12.1 Å². The zero-order valence-electron chi connectivity index (χ0n) is 5.43. The maximum absolute atomic E-state index is 11.0. The minimum absolute atomic E-state index is 0.364. The van der Waals surface area contributed by atoms with Gasteiger partial charge in [-0.25, -0.2) is 4.79 Å². The standard InChI is InChI=1S/C6H4N2OS2/c9-6(8(10)11)5-1-3-7-4-2-5/h1-4H. The molecule has 0 aliphatic heterocycles. The number of hydrogen-bond acceptors (Lipinski definition) is 4. The van der Waals surface area contributed by atoms with Crippen molar-refractivity contribution >= 4 is 31.1 Å². The summed E-state index contributed by atoms with van der Waals surface area (Å²) < 4.78 is 0.704. The summed E-state index contributed by atoms with van der Waals surface area (Å²) >= 11 is 8.92. The molecule has 0 atom stereocenters. The lowest BCUT2D eigenvalue weighted by Gasteiger charge is -1.93. The predicted octanol–water partition coefficient (Wildman–Crippen LogP) is 0.427. The molecule has 0 unspecified atom stereocenters. The zero-order chi connectivity index (χ0) is 8.27. The highest BCUT2D eigenvalue weighted by Crippen LogP contribution is 1.97. The largest absolute Gasteiger partial charge is 0.416 e. The molecule has 0 fully saturated rings. The average molecular weight is 184 g/mol. The Kier molecular flexibility index (Phi) is 2.56. The summed E-state index contributed by atoms with van der Waals surface area (Å²) in [6.07, 6.45) is 3.03. The molecule has 0 spiro atoms. The van der Waals surface area contributed by atoms with E-state index in [4.69, 9.17) is 0 Å². The lowest BCUT2D eigenvalue weighted by molar-refractivity contribution is -0.204. The van der Waals surface area contributed by atoms with Gasteiger partial charge in [0.1, 0.15) is 0 Å². The fourth-order valence-electron chi connectivity index (χ4n) is 0.600. The molecule has 11 heavy (non-hydrogen) atoms. The van der Waals surface area contributed by atoms with Gasteiger partial charge in [-0.15, -0.1) is 0 Å². The average Bonchev–Trinajstić information content (AvgIpc) is 2.05. The van der Waals surface area contributed by atoms with Gasteiger partial charge >= 0.3 is 5.91 Å². The highest BCUT2D eigenvalue weighted by Gasteiger charge is 2.10. The van der Waals surface area contributed by atoms with E-state index in [1.807, 2.05) is 0 Å². The Bertz CT molecular complexity index is 286. The van der Waals surface area contributed by atoms with Gasteiger partial charge in [-0.05, 0) is 12.1 Å². The molecule has 0 N–H and O–H groups in total. The smallest absolute Gasteiger partial charge is 0.265 e. The molecule has 0 radical (unpaired) electrons. The lowest BCUT2D eigenvalue weighted by Crippen LogP contribution is -2.11. The van der Waals surface area contributed by atoms with Crippen molar-refractivity contribution < 1.29 is 8.15 Å². The van der Waals surface area contributed by atoms with Crippen molar-refractivity contribution in [3.8, 4) is 0 Å². The Morgan fingerprint density at radius 3 is 2.55 bits per heavy atom.